The van der Waals surface area contributed by atoms with Gasteiger partial charge in [0.1, 0.15) is 11.6 Å². The molecule has 0 aliphatic heterocycles. The van der Waals surface area contributed by atoms with Crippen molar-refractivity contribution in [3.8, 4) is 5.75 Å². The van der Waals surface area contributed by atoms with Crippen molar-refractivity contribution in [3.05, 3.63) is 28.0 Å². The van der Waals surface area contributed by atoms with Crippen LogP contribution in [-0.2, 0) is 5.88 Å². The van der Waals surface area contributed by atoms with E-state index in [1.807, 2.05) is 0 Å². The summed E-state index contributed by atoms with van der Waals surface area (Å²) in [6, 6.07) is 2.44. The van der Waals surface area contributed by atoms with E-state index in [2.05, 4.69) is 15.9 Å². The van der Waals surface area contributed by atoms with Crippen molar-refractivity contribution in [2.24, 2.45) is 0 Å². The van der Waals surface area contributed by atoms with Gasteiger partial charge in [0.15, 0.2) is 0 Å². The summed E-state index contributed by atoms with van der Waals surface area (Å²) in [5, 5.41) is 8.93. The Hall–Kier alpha value is -0.280. The van der Waals surface area contributed by atoms with Crippen LogP contribution < -0.4 is 0 Å². The molecule has 1 aromatic carbocycles. The molecule has 0 heterocycles. The Bertz CT molecular complexity index is 277. The smallest absolute Gasteiger partial charge is 0.141 e. The van der Waals surface area contributed by atoms with Crippen LogP contribution in [0.3, 0.4) is 0 Å². The third kappa shape index (κ3) is 1.84. The molecule has 11 heavy (non-hydrogen) atoms. The number of hydrogen-bond acceptors (Lipinski definition) is 1. The van der Waals surface area contributed by atoms with Crippen LogP contribution in [0.25, 0.3) is 0 Å². The Morgan fingerprint density at radius 1 is 1.55 bits per heavy atom. The minimum absolute atomic E-state index is 0.110. The molecule has 0 aliphatic rings. The van der Waals surface area contributed by atoms with Crippen LogP contribution in [0.4, 0.5) is 4.39 Å². The van der Waals surface area contributed by atoms with Gasteiger partial charge >= 0.3 is 0 Å². The third-order valence-electron chi connectivity index (χ3n) is 1.23. The molecule has 0 saturated carbocycles. The summed E-state index contributed by atoms with van der Waals surface area (Å²) in [5.41, 5.74) is 0.546. The van der Waals surface area contributed by atoms with Gasteiger partial charge in [-0.15, -0.1) is 11.6 Å². The van der Waals surface area contributed by atoms with Crippen LogP contribution in [-0.4, -0.2) is 5.11 Å². The quantitative estimate of drug-likeness (QED) is 0.747. The molecule has 4 heteroatoms. The molecule has 0 bridgehead atoms. The second-order valence-corrected chi connectivity index (χ2v) is 3.09. The van der Waals surface area contributed by atoms with E-state index < -0.39 is 5.82 Å². The van der Waals surface area contributed by atoms with Gasteiger partial charge in [-0.05, 0) is 27.6 Å². The number of phenols is 1. The molecule has 1 nitrogen and oxygen atoms in total. The summed E-state index contributed by atoms with van der Waals surface area (Å²) in [6.07, 6.45) is 0. The summed E-state index contributed by atoms with van der Waals surface area (Å²) in [6.45, 7) is 0. The standard InChI is InChI=1S/C7H5BrClFO/c8-7-4(3-9)1-5(11)2-6(7)10/h1-2,11H,3H2. The van der Waals surface area contributed by atoms with E-state index >= 15 is 0 Å². The highest BCUT2D eigenvalue weighted by atomic mass is 79.9. The van der Waals surface area contributed by atoms with E-state index in [0.717, 1.165) is 6.07 Å². The van der Waals surface area contributed by atoms with E-state index in [1.54, 1.807) is 0 Å². The van der Waals surface area contributed by atoms with Gasteiger partial charge in [-0.3, -0.25) is 0 Å². The van der Waals surface area contributed by atoms with E-state index in [9.17, 15) is 4.39 Å². The van der Waals surface area contributed by atoms with Gasteiger partial charge in [-0.1, -0.05) is 0 Å². The number of phenolic OH excluding ortho intramolecular Hbond substituents is 1. The molecule has 0 aromatic heterocycles. The lowest BCUT2D eigenvalue weighted by atomic mass is 10.2. The highest BCUT2D eigenvalue weighted by Gasteiger charge is 2.06. The lowest BCUT2D eigenvalue weighted by Crippen LogP contribution is -1.85. The lowest BCUT2D eigenvalue weighted by Gasteiger charge is -2.01. The van der Waals surface area contributed by atoms with Crippen LogP contribution in [0.2, 0.25) is 0 Å². The SMILES string of the molecule is Oc1cc(F)c(Br)c(CCl)c1. The van der Waals surface area contributed by atoms with Crippen LogP contribution in [0.1, 0.15) is 5.56 Å². The largest absolute Gasteiger partial charge is 0.508 e. The normalized spacial score (nSPS) is 10.1. The van der Waals surface area contributed by atoms with Gasteiger partial charge < -0.3 is 5.11 Å². The number of halogens is 3. The van der Waals surface area contributed by atoms with Crippen LogP contribution >= 0.6 is 27.5 Å². The zero-order valence-corrected chi connectivity index (χ0v) is 7.78. The highest BCUT2D eigenvalue weighted by molar-refractivity contribution is 9.10. The number of hydrogen-bond donors (Lipinski definition) is 1. The molecule has 1 aromatic rings. The minimum Gasteiger partial charge on any atom is -0.508 e. The molecule has 0 aliphatic carbocycles. The fourth-order valence-corrected chi connectivity index (χ4v) is 1.47. The zero-order chi connectivity index (χ0) is 8.43. The molecule has 0 fully saturated rings. The van der Waals surface area contributed by atoms with E-state index in [-0.39, 0.29) is 11.6 Å². The maximum atomic E-state index is 12.8. The summed E-state index contributed by atoms with van der Waals surface area (Å²) in [5.74, 6) is -0.437. The zero-order valence-electron chi connectivity index (χ0n) is 5.44. The molecule has 0 radical (unpaired) electrons. The van der Waals surface area contributed by atoms with Gasteiger partial charge in [-0.25, -0.2) is 4.39 Å². The van der Waals surface area contributed by atoms with Gasteiger partial charge in [0, 0.05) is 11.9 Å². The third-order valence-corrected chi connectivity index (χ3v) is 2.41. The van der Waals surface area contributed by atoms with Crippen molar-refractivity contribution in [1.82, 2.24) is 0 Å². The second kappa shape index (κ2) is 3.41. The molecule has 1 N–H and O–H groups in total. The molecule has 0 unspecified atom stereocenters. The second-order valence-electron chi connectivity index (χ2n) is 2.03. The van der Waals surface area contributed by atoms with E-state index in [1.165, 1.54) is 6.07 Å². The lowest BCUT2D eigenvalue weighted by molar-refractivity contribution is 0.467. The molecule has 0 saturated heterocycles. The Balaban J connectivity index is 3.24. The first kappa shape index (κ1) is 8.81. The van der Waals surface area contributed by atoms with Crippen molar-refractivity contribution in [3.63, 3.8) is 0 Å². The van der Waals surface area contributed by atoms with Gasteiger partial charge in [-0.2, -0.15) is 0 Å². The Morgan fingerprint density at radius 2 is 2.18 bits per heavy atom. The number of aromatic hydroxyl groups is 1. The Labute approximate surface area is 76.9 Å². The van der Waals surface area contributed by atoms with Gasteiger partial charge in [0.05, 0.1) is 4.47 Å². The average Bonchev–Trinajstić information content (AvgIpc) is 1.96. The Morgan fingerprint density at radius 3 is 2.73 bits per heavy atom. The minimum atomic E-state index is -0.499. The molecule has 0 atom stereocenters. The predicted octanol–water partition coefficient (Wildman–Crippen LogP) is 3.03. The van der Waals surface area contributed by atoms with Gasteiger partial charge in [0.25, 0.3) is 0 Å². The van der Waals surface area contributed by atoms with Crippen molar-refractivity contribution < 1.29 is 9.50 Å². The average molecular weight is 239 g/mol. The fraction of sp³-hybridized carbons (Fsp3) is 0.143. The first-order chi connectivity index (χ1) is 5.15. The maximum Gasteiger partial charge on any atom is 0.141 e. The van der Waals surface area contributed by atoms with Crippen LogP contribution in [0.5, 0.6) is 5.75 Å². The fourth-order valence-electron chi connectivity index (χ4n) is 0.727. The number of alkyl halides is 1. The predicted molar refractivity (Wildman–Crippen MR) is 45.3 cm³/mol. The molecular formula is C7H5BrClFO. The summed E-state index contributed by atoms with van der Waals surface area (Å²) in [7, 11) is 0. The topological polar surface area (TPSA) is 20.2 Å². The molecular weight excluding hydrogens is 234 g/mol. The van der Waals surface area contributed by atoms with Crippen molar-refractivity contribution >= 4 is 27.5 Å². The number of benzene rings is 1. The monoisotopic (exact) mass is 238 g/mol. The van der Waals surface area contributed by atoms with Gasteiger partial charge in [0.2, 0.25) is 0 Å². The first-order valence-electron chi connectivity index (χ1n) is 2.88. The molecule has 60 valence electrons. The molecule has 0 amide bonds. The van der Waals surface area contributed by atoms with Crippen molar-refractivity contribution in [2.75, 3.05) is 0 Å². The summed E-state index contributed by atoms with van der Waals surface area (Å²) in [4.78, 5) is 0. The Kier molecular flexibility index (Phi) is 2.73. The summed E-state index contributed by atoms with van der Waals surface area (Å²) < 4.78 is 13.1. The first-order valence-corrected chi connectivity index (χ1v) is 4.20. The van der Waals surface area contributed by atoms with E-state index in [4.69, 9.17) is 16.7 Å². The highest BCUT2D eigenvalue weighted by Crippen LogP contribution is 2.26. The maximum absolute atomic E-state index is 12.8. The molecule has 0 spiro atoms. The van der Waals surface area contributed by atoms with Crippen LogP contribution in [0, 0.1) is 5.82 Å². The number of rotatable bonds is 1. The molecule has 1 rings (SSSR count). The van der Waals surface area contributed by atoms with E-state index in [0.29, 0.717) is 10.0 Å². The van der Waals surface area contributed by atoms with Crippen molar-refractivity contribution in [1.29, 1.82) is 0 Å². The van der Waals surface area contributed by atoms with Crippen molar-refractivity contribution in [2.45, 2.75) is 5.88 Å². The summed E-state index contributed by atoms with van der Waals surface area (Å²) >= 11 is 8.47. The van der Waals surface area contributed by atoms with Crippen LogP contribution in [0.15, 0.2) is 16.6 Å².